The zero-order chi connectivity index (χ0) is 10.6. The molecule has 0 bridgehead atoms. The first-order valence-electron chi connectivity index (χ1n) is 4.91. The van der Waals surface area contributed by atoms with Gasteiger partial charge in [0, 0.05) is 0 Å². The van der Waals surface area contributed by atoms with Crippen LogP contribution in [0.4, 0.5) is 0 Å². The lowest BCUT2D eigenvalue weighted by Gasteiger charge is -1.90. The summed E-state index contributed by atoms with van der Waals surface area (Å²) < 4.78 is 0. The van der Waals surface area contributed by atoms with E-state index in [9.17, 15) is 0 Å². The zero-order valence-corrected chi connectivity index (χ0v) is 10.1. The van der Waals surface area contributed by atoms with Gasteiger partial charge in [0.25, 0.3) is 0 Å². The third-order valence-corrected chi connectivity index (χ3v) is 2.82. The van der Waals surface area contributed by atoms with Crippen LogP contribution in [0.5, 0.6) is 0 Å². The number of aromatic nitrogens is 1. The van der Waals surface area contributed by atoms with Crippen molar-refractivity contribution in [2.75, 3.05) is 0 Å². The first-order chi connectivity index (χ1) is 6.63. The average Bonchev–Trinajstić information content (AvgIpc) is 2.45. The quantitative estimate of drug-likeness (QED) is 0.683. The lowest BCUT2D eigenvalue weighted by Crippen LogP contribution is -1.81. The highest BCUT2D eigenvalue weighted by molar-refractivity contribution is 7.12. The molecule has 0 unspecified atom stereocenters. The Hall–Kier alpha value is -0.890. The molecular formula is C12H17NS. The molecule has 76 valence electrons. The van der Waals surface area contributed by atoms with E-state index in [2.05, 4.69) is 50.9 Å². The van der Waals surface area contributed by atoms with Gasteiger partial charge < -0.3 is 0 Å². The van der Waals surface area contributed by atoms with Crippen LogP contribution < -0.4 is 0 Å². The molecule has 1 heterocycles. The summed E-state index contributed by atoms with van der Waals surface area (Å²) in [5.41, 5.74) is 2.53. The summed E-state index contributed by atoms with van der Waals surface area (Å²) in [6.45, 7) is 8.40. The Bertz CT molecular complexity index is 354. The van der Waals surface area contributed by atoms with Crippen LogP contribution in [0.15, 0.2) is 17.7 Å². The van der Waals surface area contributed by atoms with Crippen molar-refractivity contribution in [2.24, 2.45) is 0 Å². The van der Waals surface area contributed by atoms with Gasteiger partial charge in [-0.15, -0.1) is 11.3 Å². The Kier molecular flexibility index (Phi) is 4.08. The van der Waals surface area contributed by atoms with Gasteiger partial charge in [-0.05, 0) is 33.3 Å². The molecule has 0 saturated heterocycles. The number of hydrogen-bond acceptors (Lipinski definition) is 2. The number of hydrogen-bond donors (Lipinski definition) is 0. The highest BCUT2D eigenvalue weighted by Crippen LogP contribution is 2.20. The monoisotopic (exact) mass is 207 g/mol. The molecule has 0 amide bonds. The van der Waals surface area contributed by atoms with Crippen molar-refractivity contribution in [3.63, 3.8) is 0 Å². The van der Waals surface area contributed by atoms with E-state index >= 15 is 0 Å². The fourth-order valence-corrected chi connectivity index (χ4v) is 2.13. The summed E-state index contributed by atoms with van der Waals surface area (Å²) >= 11 is 1.76. The second kappa shape index (κ2) is 5.11. The first-order valence-corrected chi connectivity index (χ1v) is 5.73. The summed E-state index contributed by atoms with van der Waals surface area (Å²) in [6, 6.07) is 0. The van der Waals surface area contributed by atoms with Crippen LogP contribution in [-0.2, 0) is 6.42 Å². The van der Waals surface area contributed by atoms with Crippen LogP contribution >= 0.6 is 11.3 Å². The summed E-state index contributed by atoms with van der Waals surface area (Å²) in [4.78, 5) is 5.77. The largest absolute Gasteiger partial charge is 0.246 e. The molecule has 0 spiro atoms. The Morgan fingerprint density at radius 3 is 2.71 bits per heavy atom. The molecule has 0 aliphatic rings. The van der Waals surface area contributed by atoms with Crippen LogP contribution in [0.3, 0.4) is 0 Å². The van der Waals surface area contributed by atoms with Gasteiger partial charge in [-0.3, -0.25) is 0 Å². The van der Waals surface area contributed by atoms with E-state index in [1.165, 1.54) is 16.1 Å². The van der Waals surface area contributed by atoms with Crippen LogP contribution in [0.25, 0.3) is 6.08 Å². The van der Waals surface area contributed by atoms with Gasteiger partial charge in [0.2, 0.25) is 0 Å². The molecule has 0 aliphatic heterocycles. The zero-order valence-electron chi connectivity index (χ0n) is 9.29. The first kappa shape index (κ1) is 11.2. The highest BCUT2D eigenvalue weighted by Gasteiger charge is 2.02. The highest BCUT2D eigenvalue weighted by atomic mass is 32.1. The average molecular weight is 207 g/mol. The molecule has 1 aromatic heterocycles. The minimum atomic E-state index is 1.01. The maximum absolute atomic E-state index is 4.47. The van der Waals surface area contributed by atoms with Gasteiger partial charge in [-0.25, -0.2) is 4.98 Å². The van der Waals surface area contributed by atoms with Crippen molar-refractivity contribution in [1.29, 1.82) is 0 Å². The van der Waals surface area contributed by atoms with Gasteiger partial charge in [0.15, 0.2) is 0 Å². The van der Waals surface area contributed by atoms with E-state index in [0.717, 1.165) is 11.4 Å². The Balaban J connectivity index is 2.85. The lowest BCUT2D eigenvalue weighted by atomic mass is 10.2. The molecule has 0 radical (unpaired) electrons. The topological polar surface area (TPSA) is 12.9 Å². The molecule has 0 aliphatic carbocycles. The minimum absolute atomic E-state index is 1.01. The second-order valence-electron chi connectivity index (χ2n) is 3.50. The number of thiazole rings is 1. The molecule has 0 N–H and O–H groups in total. The van der Waals surface area contributed by atoms with E-state index in [-0.39, 0.29) is 0 Å². The molecular weight excluding hydrogens is 190 g/mol. The van der Waals surface area contributed by atoms with Gasteiger partial charge in [0.1, 0.15) is 0 Å². The maximum Gasteiger partial charge on any atom is 0.0903 e. The van der Waals surface area contributed by atoms with E-state index in [1.54, 1.807) is 11.3 Å². The van der Waals surface area contributed by atoms with E-state index in [1.807, 2.05) is 0 Å². The molecule has 1 nitrogen and oxygen atoms in total. The van der Waals surface area contributed by atoms with E-state index in [4.69, 9.17) is 0 Å². The molecule has 0 fully saturated rings. The van der Waals surface area contributed by atoms with Crippen molar-refractivity contribution in [3.05, 3.63) is 33.3 Å². The van der Waals surface area contributed by atoms with Gasteiger partial charge >= 0.3 is 0 Å². The Morgan fingerprint density at radius 2 is 2.14 bits per heavy atom. The predicted octanol–water partition coefficient (Wildman–Crippen LogP) is 3.99. The molecule has 2 heteroatoms. The number of allylic oxidation sites excluding steroid dienone is 3. The van der Waals surface area contributed by atoms with Crippen molar-refractivity contribution in [2.45, 2.75) is 34.1 Å². The Labute approximate surface area is 90.2 Å². The summed E-state index contributed by atoms with van der Waals surface area (Å²) in [7, 11) is 0. The van der Waals surface area contributed by atoms with Gasteiger partial charge in [-0.1, -0.05) is 24.6 Å². The summed E-state index contributed by atoms with van der Waals surface area (Å²) in [6.07, 6.45) is 7.38. The van der Waals surface area contributed by atoms with Crippen molar-refractivity contribution < 1.29 is 0 Å². The van der Waals surface area contributed by atoms with Crippen molar-refractivity contribution >= 4 is 17.4 Å². The molecule has 1 rings (SSSR count). The standard InChI is InChI=1S/C12H17NS/c1-5-11-12(14-10(4)13-11)8-6-7-9(2)3/h6-8H,5H2,1-4H3/b8-6-. The van der Waals surface area contributed by atoms with E-state index < -0.39 is 0 Å². The molecule has 14 heavy (non-hydrogen) atoms. The van der Waals surface area contributed by atoms with Crippen molar-refractivity contribution in [3.8, 4) is 0 Å². The van der Waals surface area contributed by atoms with Gasteiger partial charge in [0.05, 0.1) is 15.6 Å². The SMILES string of the molecule is CCc1nc(C)sc1/C=C\C=C(C)C. The third kappa shape index (κ3) is 3.11. The molecule has 0 aromatic carbocycles. The number of rotatable bonds is 3. The number of nitrogens with zero attached hydrogens (tertiary/aromatic N) is 1. The smallest absolute Gasteiger partial charge is 0.0903 e. The molecule has 0 atom stereocenters. The maximum atomic E-state index is 4.47. The minimum Gasteiger partial charge on any atom is -0.246 e. The summed E-state index contributed by atoms with van der Waals surface area (Å²) in [5.74, 6) is 0. The van der Waals surface area contributed by atoms with E-state index in [0.29, 0.717) is 0 Å². The molecule has 0 saturated carbocycles. The molecule has 1 aromatic rings. The van der Waals surface area contributed by atoms with Crippen LogP contribution in [0.1, 0.15) is 36.3 Å². The summed E-state index contributed by atoms with van der Waals surface area (Å²) in [5, 5.41) is 1.15. The third-order valence-electron chi connectivity index (χ3n) is 1.85. The lowest BCUT2D eigenvalue weighted by molar-refractivity contribution is 1.04. The fourth-order valence-electron chi connectivity index (χ4n) is 1.20. The predicted molar refractivity (Wildman–Crippen MR) is 64.7 cm³/mol. The number of aryl methyl sites for hydroxylation is 2. The van der Waals surface area contributed by atoms with Gasteiger partial charge in [-0.2, -0.15) is 0 Å². The normalized spacial score (nSPS) is 10.9. The van der Waals surface area contributed by atoms with Crippen LogP contribution in [-0.4, -0.2) is 4.98 Å². The van der Waals surface area contributed by atoms with Crippen molar-refractivity contribution in [1.82, 2.24) is 4.98 Å². The van der Waals surface area contributed by atoms with Crippen LogP contribution in [0.2, 0.25) is 0 Å². The fraction of sp³-hybridized carbons (Fsp3) is 0.417. The Morgan fingerprint density at radius 1 is 1.43 bits per heavy atom. The second-order valence-corrected chi connectivity index (χ2v) is 4.74. The van der Waals surface area contributed by atoms with Crippen LogP contribution in [0, 0.1) is 6.92 Å².